The van der Waals surface area contributed by atoms with Crippen molar-refractivity contribution in [3.63, 3.8) is 0 Å². The number of fused-ring (bicyclic) bond motifs is 2. The summed E-state index contributed by atoms with van der Waals surface area (Å²) in [5.41, 5.74) is 0.0106. The first-order valence-electron chi connectivity index (χ1n) is 8.49. The topological polar surface area (TPSA) is 102 Å². The van der Waals surface area contributed by atoms with Crippen molar-refractivity contribution in [1.82, 2.24) is 15.1 Å². The van der Waals surface area contributed by atoms with Gasteiger partial charge in [0.15, 0.2) is 11.5 Å². The van der Waals surface area contributed by atoms with Crippen molar-refractivity contribution in [2.75, 3.05) is 13.2 Å². The highest BCUT2D eigenvalue weighted by Gasteiger charge is 2.13. The maximum absolute atomic E-state index is 12.4. The third-order valence-corrected chi connectivity index (χ3v) is 4.28. The summed E-state index contributed by atoms with van der Waals surface area (Å²) < 4.78 is 12.0. The number of aromatic amines is 1. The minimum Gasteiger partial charge on any atom is -0.486 e. The summed E-state index contributed by atoms with van der Waals surface area (Å²) in [7, 11) is 0. The fourth-order valence-corrected chi connectivity index (χ4v) is 2.96. The Kier molecular flexibility index (Phi) is 4.37. The van der Waals surface area contributed by atoms with Crippen LogP contribution in [0.2, 0.25) is 0 Å². The Morgan fingerprint density at radius 3 is 2.59 bits per heavy atom. The molecular weight excluding hydrogens is 350 g/mol. The molecule has 0 unspecified atom stereocenters. The van der Waals surface area contributed by atoms with E-state index in [-0.39, 0.29) is 18.5 Å². The number of hydrogen-bond acceptors (Lipinski definition) is 5. The van der Waals surface area contributed by atoms with Crippen LogP contribution in [0.25, 0.3) is 10.8 Å². The molecule has 2 N–H and O–H groups in total. The molecule has 0 saturated carbocycles. The molecule has 8 nitrogen and oxygen atoms in total. The molecule has 0 bridgehead atoms. The van der Waals surface area contributed by atoms with E-state index in [1.165, 1.54) is 0 Å². The van der Waals surface area contributed by atoms with Crippen LogP contribution in [0.3, 0.4) is 0 Å². The molecule has 2 aromatic carbocycles. The number of ether oxygens (including phenoxy) is 2. The van der Waals surface area contributed by atoms with Crippen LogP contribution in [0.5, 0.6) is 11.5 Å². The van der Waals surface area contributed by atoms with Gasteiger partial charge in [-0.25, -0.2) is 4.68 Å². The zero-order valence-corrected chi connectivity index (χ0v) is 14.4. The molecule has 0 saturated heterocycles. The summed E-state index contributed by atoms with van der Waals surface area (Å²) in [6, 6.07) is 11.9. The van der Waals surface area contributed by atoms with Crippen molar-refractivity contribution < 1.29 is 14.3 Å². The van der Waals surface area contributed by atoms with E-state index in [0.29, 0.717) is 30.1 Å². The van der Waals surface area contributed by atoms with Crippen LogP contribution in [0.15, 0.2) is 52.1 Å². The Morgan fingerprint density at radius 1 is 1.04 bits per heavy atom. The van der Waals surface area contributed by atoms with E-state index in [2.05, 4.69) is 10.4 Å². The average molecular weight is 367 g/mol. The van der Waals surface area contributed by atoms with Crippen molar-refractivity contribution in [3.05, 3.63) is 68.7 Å². The van der Waals surface area contributed by atoms with Gasteiger partial charge in [-0.15, -0.1) is 0 Å². The highest BCUT2D eigenvalue weighted by atomic mass is 16.6. The Balaban J connectivity index is 1.47. The van der Waals surface area contributed by atoms with Gasteiger partial charge in [-0.05, 0) is 29.8 Å². The van der Waals surface area contributed by atoms with E-state index in [0.717, 1.165) is 10.2 Å². The molecule has 4 rings (SSSR count). The zero-order chi connectivity index (χ0) is 18.8. The molecule has 1 aliphatic rings. The first-order valence-corrected chi connectivity index (χ1v) is 8.49. The van der Waals surface area contributed by atoms with Crippen LogP contribution in [0, 0.1) is 0 Å². The minimum atomic E-state index is -0.417. The van der Waals surface area contributed by atoms with Crippen LogP contribution in [-0.4, -0.2) is 28.9 Å². The summed E-state index contributed by atoms with van der Waals surface area (Å²) in [4.78, 5) is 36.7. The molecule has 8 heteroatoms. The van der Waals surface area contributed by atoms with E-state index in [9.17, 15) is 14.4 Å². The summed E-state index contributed by atoms with van der Waals surface area (Å²) in [5, 5.41) is 5.75. The summed E-state index contributed by atoms with van der Waals surface area (Å²) in [5.74, 6) is 0.928. The molecule has 1 amide bonds. The van der Waals surface area contributed by atoms with Gasteiger partial charge in [0.2, 0.25) is 5.91 Å². The zero-order valence-electron chi connectivity index (χ0n) is 14.4. The lowest BCUT2D eigenvalue weighted by molar-refractivity contribution is -0.122. The second-order valence-electron chi connectivity index (χ2n) is 6.13. The molecule has 0 fully saturated rings. The molecule has 27 heavy (non-hydrogen) atoms. The third-order valence-electron chi connectivity index (χ3n) is 4.28. The third kappa shape index (κ3) is 3.41. The monoisotopic (exact) mass is 367 g/mol. The van der Waals surface area contributed by atoms with Crippen molar-refractivity contribution in [2.45, 2.75) is 13.1 Å². The lowest BCUT2D eigenvalue weighted by atomic mass is 10.2. The van der Waals surface area contributed by atoms with Gasteiger partial charge < -0.3 is 14.8 Å². The second-order valence-corrected chi connectivity index (χ2v) is 6.13. The number of H-pyrrole nitrogens is 1. The smallest absolute Gasteiger partial charge is 0.273 e. The summed E-state index contributed by atoms with van der Waals surface area (Å²) in [6.45, 7) is 0.994. The van der Waals surface area contributed by atoms with Gasteiger partial charge >= 0.3 is 0 Å². The Hall–Kier alpha value is -3.55. The lowest BCUT2D eigenvalue weighted by Gasteiger charge is -2.19. The van der Waals surface area contributed by atoms with Gasteiger partial charge in [0.05, 0.1) is 10.8 Å². The SMILES string of the molecule is O=C(Cn1[nH]c(=O)c2ccccc2c1=O)NCc1ccc2c(c1)OCCO2. The number of nitrogens with zero attached hydrogens (tertiary/aromatic N) is 1. The molecule has 0 atom stereocenters. The van der Waals surface area contributed by atoms with E-state index in [4.69, 9.17) is 9.47 Å². The van der Waals surface area contributed by atoms with Crippen LogP contribution < -0.4 is 25.9 Å². The summed E-state index contributed by atoms with van der Waals surface area (Å²) >= 11 is 0. The number of benzene rings is 2. The van der Waals surface area contributed by atoms with Crippen LogP contribution in [0.1, 0.15) is 5.56 Å². The number of rotatable bonds is 4. The van der Waals surface area contributed by atoms with Gasteiger partial charge in [0.25, 0.3) is 11.1 Å². The van der Waals surface area contributed by atoms with E-state index < -0.39 is 17.0 Å². The molecule has 2 heterocycles. The predicted molar refractivity (Wildman–Crippen MR) is 98.1 cm³/mol. The molecule has 138 valence electrons. The van der Waals surface area contributed by atoms with Gasteiger partial charge in [0.1, 0.15) is 19.8 Å². The number of nitrogens with one attached hydrogen (secondary N) is 2. The molecule has 1 aliphatic heterocycles. The number of carbonyl (C=O) groups excluding carboxylic acids is 1. The summed E-state index contributed by atoms with van der Waals surface area (Å²) in [6.07, 6.45) is 0. The Morgan fingerprint density at radius 2 is 1.78 bits per heavy atom. The molecule has 3 aromatic rings. The number of aromatic nitrogens is 2. The van der Waals surface area contributed by atoms with E-state index in [1.807, 2.05) is 6.07 Å². The van der Waals surface area contributed by atoms with Gasteiger partial charge in [0, 0.05) is 6.54 Å². The maximum atomic E-state index is 12.4. The van der Waals surface area contributed by atoms with Crippen LogP contribution >= 0.6 is 0 Å². The largest absolute Gasteiger partial charge is 0.486 e. The van der Waals surface area contributed by atoms with Gasteiger partial charge in [-0.2, -0.15) is 0 Å². The van der Waals surface area contributed by atoms with Crippen molar-refractivity contribution in [2.24, 2.45) is 0 Å². The van der Waals surface area contributed by atoms with Crippen molar-refractivity contribution >= 4 is 16.7 Å². The number of carbonyl (C=O) groups is 1. The first-order chi connectivity index (χ1) is 13.1. The Bertz CT molecular complexity index is 1130. The van der Waals surface area contributed by atoms with Crippen LogP contribution in [0.4, 0.5) is 0 Å². The quantitative estimate of drug-likeness (QED) is 0.709. The standard InChI is InChI=1S/C19H17N3O5/c23-17(20-10-12-5-6-15-16(9-12)27-8-7-26-15)11-22-19(25)14-4-2-1-3-13(14)18(24)21-22/h1-6,9H,7-8,10-11H2,(H,20,23)(H,21,24). The van der Waals surface area contributed by atoms with Crippen molar-refractivity contribution in [1.29, 1.82) is 0 Å². The van der Waals surface area contributed by atoms with E-state index in [1.54, 1.807) is 36.4 Å². The Labute approximate surface area is 153 Å². The lowest BCUT2D eigenvalue weighted by Crippen LogP contribution is -2.36. The van der Waals surface area contributed by atoms with Crippen LogP contribution in [-0.2, 0) is 17.9 Å². The molecule has 0 aliphatic carbocycles. The normalized spacial score (nSPS) is 12.7. The predicted octanol–water partition coefficient (Wildman–Crippen LogP) is 0.777. The average Bonchev–Trinajstić information content (AvgIpc) is 2.70. The van der Waals surface area contributed by atoms with Crippen molar-refractivity contribution in [3.8, 4) is 11.5 Å². The maximum Gasteiger partial charge on any atom is 0.273 e. The number of amides is 1. The first kappa shape index (κ1) is 16.9. The second kappa shape index (κ2) is 6.99. The minimum absolute atomic E-state index is 0.266. The molecular formula is C19H17N3O5. The van der Waals surface area contributed by atoms with E-state index >= 15 is 0 Å². The highest BCUT2D eigenvalue weighted by molar-refractivity contribution is 5.81. The molecule has 1 aromatic heterocycles. The molecule has 0 radical (unpaired) electrons. The highest BCUT2D eigenvalue weighted by Crippen LogP contribution is 2.30. The molecule has 0 spiro atoms. The fraction of sp³-hybridized carbons (Fsp3) is 0.211. The number of hydrogen-bond donors (Lipinski definition) is 2. The van der Waals surface area contributed by atoms with Gasteiger partial charge in [-0.3, -0.25) is 19.5 Å². The fourth-order valence-electron chi connectivity index (χ4n) is 2.96. The van der Waals surface area contributed by atoms with Gasteiger partial charge in [-0.1, -0.05) is 18.2 Å².